The monoisotopic (exact) mass is 287 g/mol. The van der Waals surface area contributed by atoms with Gasteiger partial charge < -0.3 is 5.32 Å². The summed E-state index contributed by atoms with van der Waals surface area (Å²) < 4.78 is 0. The van der Waals surface area contributed by atoms with Crippen LogP contribution >= 0.6 is 0 Å². The number of nitrogens with one attached hydrogen (secondary N) is 1. The van der Waals surface area contributed by atoms with E-state index in [-0.39, 0.29) is 0 Å². The predicted molar refractivity (Wildman–Crippen MR) is 87.1 cm³/mol. The second-order valence-electron chi connectivity index (χ2n) is 6.77. The molecule has 1 aromatic rings. The minimum atomic E-state index is 0.671. The highest BCUT2D eigenvalue weighted by atomic mass is 15.2. The third-order valence-electron chi connectivity index (χ3n) is 5.36. The first-order valence-corrected chi connectivity index (χ1v) is 8.73. The van der Waals surface area contributed by atoms with Gasteiger partial charge in [-0.1, -0.05) is 32.3 Å². The molecule has 0 radical (unpaired) electrons. The van der Waals surface area contributed by atoms with Gasteiger partial charge in [0.2, 0.25) is 0 Å². The standard InChI is InChI=1S/C18H29N3/c1-2-17-12-20-18(16-8-4-3-5-9-16)14-21(17)13-15-7-6-10-19-11-15/h6-7,10-11,16-18,20H,2-5,8-9,12-14H2,1H3. The van der Waals surface area contributed by atoms with Gasteiger partial charge in [0.15, 0.2) is 0 Å². The number of hydrogen-bond donors (Lipinski definition) is 1. The van der Waals surface area contributed by atoms with Crippen LogP contribution in [0.25, 0.3) is 0 Å². The zero-order chi connectivity index (χ0) is 14.5. The first kappa shape index (κ1) is 15.0. The summed E-state index contributed by atoms with van der Waals surface area (Å²) in [5.41, 5.74) is 1.35. The minimum Gasteiger partial charge on any atom is -0.311 e. The topological polar surface area (TPSA) is 28.2 Å². The number of nitrogens with zero attached hydrogens (tertiary/aromatic N) is 2. The van der Waals surface area contributed by atoms with Crippen molar-refractivity contribution >= 4 is 0 Å². The Balaban J connectivity index is 1.64. The van der Waals surface area contributed by atoms with E-state index >= 15 is 0 Å². The Hall–Kier alpha value is -0.930. The fourth-order valence-electron chi connectivity index (χ4n) is 4.06. The summed E-state index contributed by atoms with van der Waals surface area (Å²) in [6, 6.07) is 5.63. The summed E-state index contributed by atoms with van der Waals surface area (Å²) in [4.78, 5) is 6.95. The summed E-state index contributed by atoms with van der Waals surface area (Å²) >= 11 is 0. The molecule has 3 heteroatoms. The molecule has 1 N–H and O–H groups in total. The normalized spacial score (nSPS) is 28.6. The predicted octanol–water partition coefficient (Wildman–Crippen LogP) is 3.21. The van der Waals surface area contributed by atoms with Crippen molar-refractivity contribution in [3.63, 3.8) is 0 Å². The number of aromatic nitrogens is 1. The van der Waals surface area contributed by atoms with Crippen molar-refractivity contribution < 1.29 is 0 Å². The van der Waals surface area contributed by atoms with Gasteiger partial charge in [-0.05, 0) is 36.8 Å². The summed E-state index contributed by atoms with van der Waals surface area (Å²) in [5, 5.41) is 3.85. The highest BCUT2D eigenvalue weighted by Crippen LogP contribution is 2.29. The van der Waals surface area contributed by atoms with Crippen LogP contribution in [0.3, 0.4) is 0 Å². The van der Waals surface area contributed by atoms with Crippen LogP contribution in [0, 0.1) is 5.92 Å². The SMILES string of the molecule is CCC1CNC(C2CCCCC2)CN1Cc1cccnc1. The van der Waals surface area contributed by atoms with Crippen LogP contribution in [0.1, 0.15) is 51.0 Å². The van der Waals surface area contributed by atoms with Crippen LogP contribution < -0.4 is 5.32 Å². The first-order valence-electron chi connectivity index (χ1n) is 8.73. The Morgan fingerprint density at radius 3 is 2.86 bits per heavy atom. The average molecular weight is 287 g/mol. The van der Waals surface area contributed by atoms with E-state index in [1.807, 2.05) is 12.4 Å². The lowest BCUT2D eigenvalue weighted by Gasteiger charge is -2.43. The van der Waals surface area contributed by atoms with Gasteiger partial charge in [0.1, 0.15) is 0 Å². The van der Waals surface area contributed by atoms with Gasteiger partial charge in [-0.25, -0.2) is 0 Å². The zero-order valence-electron chi connectivity index (χ0n) is 13.3. The molecule has 1 aliphatic heterocycles. The average Bonchev–Trinajstić information content (AvgIpc) is 2.56. The third-order valence-corrected chi connectivity index (χ3v) is 5.36. The van der Waals surface area contributed by atoms with E-state index in [0.717, 1.165) is 19.0 Å². The van der Waals surface area contributed by atoms with Crippen molar-refractivity contribution in [1.29, 1.82) is 0 Å². The van der Waals surface area contributed by atoms with Crippen molar-refractivity contribution in [1.82, 2.24) is 15.2 Å². The fourth-order valence-corrected chi connectivity index (χ4v) is 4.06. The van der Waals surface area contributed by atoms with E-state index in [2.05, 4.69) is 34.3 Å². The number of piperazine rings is 1. The lowest BCUT2D eigenvalue weighted by molar-refractivity contribution is 0.0872. The fraction of sp³-hybridized carbons (Fsp3) is 0.722. The van der Waals surface area contributed by atoms with Gasteiger partial charge >= 0.3 is 0 Å². The summed E-state index contributed by atoms with van der Waals surface area (Å²) in [6.07, 6.45) is 12.3. The van der Waals surface area contributed by atoms with Crippen LogP contribution in [0.2, 0.25) is 0 Å². The molecule has 2 unspecified atom stereocenters. The summed E-state index contributed by atoms with van der Waals surface area (Å²) in [6.45, 7) is 5.72. The second kappa shape index (κ2) is 7.37. The molecule has 21 heavy (non-hydrogen) atoms. The van der Waals surface area contributed by atoms with Crippen LogP contribution in [-0.4, -0.2) is 35.1 Å². The molecule has 1 aliphatic carbocycles. The molecule has 1 saturated heterocycles. The smallest absolute Gasteiger partial charge is 0.0312 e. The van der Waals surface area contributed by atoms with Crippen molar-refractivity contribution in [3.8, 4) is 0 Å². The maximum absolute atomic E-state index is 4.27. The number of pyridine rings is 1. The van der Waals surface area contributed by atoms with E-state index in [1.54, 1.807) is 0 Å². The van der Waals surface area contributed by atoms with E-state index in [1.165, 1.54) is 50.6 Å². The molecule has 2 heterocycles. The van der Waals surface area contributed by atoms with Gasteiger partial charge in [0.05, 0.1) is 0 Å². The van der Waals surface area contributed by atoms with E-state index < -0.39 is 0 Å². The molecule has 3 rings (SSSR count). The maximum Gasteiger partial charge on any atom is 0.0312 e. The van der Waals surface area contributed by atoms with Crippen LogP contribution in [0.5, 0.6) is 0 Å². The van der Waals surface area contributed by atoms with Crippen molar-refractivity contribution in [3.05, 3.63) is 30.1 Å². The number of hydrogen-bond acceptors (Lipinski definition) is 3. The van der Waals surface area contributed by atoms with Gasteiger partial charge in [-0.3, -0.25) is 9.88 Å². The first-order chi connectivity index (χ1) is 10.4. The Morgan fingerprint density at radius 2 is 2.14 bits per heavy atom. The quantitative estimate of drug-likeness (QED) is 0.921. The molecular weight excluding hydrogens is 258 g/mol. The Kier molecular flexibility index (Phi) is 5.26. The van der Waals surface area contributed by atoms with E-state index in [0.29, 0.717) is 12.1 Å². The zero-order valence-corrected chi connectivity index (χ0v) is 13.3. The van der Waals surface area contributed by atoms with Crippen LogP contribution in [-0.2, 0) is 6.54 Å². The van der Waals surface area contributed by atoms with Gasteiger partial charge in [-0.15, -0.1) is 0 Å². The molecule has 2 fully saturated rings. The van der Waals surface area contributed by atoms with Gasteiger partial charge in [0.25, 0.3) is 0 Å². The minimum absolute atomic E-state index is 0.671. The Bertz CT molecular complexity index is 414. The van der Waals surface area contributed by atoms with Crippen molar-refractivity contribution in [2.24, 2.45) is 5.92 Å². The largest absolute Gasteiger partial charge is 0.311 e. The second-order valence-corrected chi connectivity index (χ2v) is 6.77. The van der Waals surface area contributed by atoms with Gasteiger partial charge in [-0.2, -0.15) is 0 Å². The van der Waals surface area contributed by atoms with E-state index in [9.17, 15) is 0 Å². The molecule has 0 spiro atoms. The maximum atomic E-state index is 4.27. The summed E-state index contributed by atoms with van der Waals surface area (Å²) in [7, 11) is 0. The molecule has 116 valence electrons. The van der Waals surface area contributed by atoms with E-state index in [4.69, 9.17) is 0 Å². The lowest BCUT2D eigenvalue weighted by Crippen LogP contribution is -2.58. The molecule has 2 atom stereocenters. The molecule has 3 nitrogen and oxygen atoms in total. The van der Waals surface area contributed by atoms with Crippen LogP contribution in [0.15, 0.2) is 24.5 Å². The van der Waals surface area contributed by atoms with Crippen molar-refractivity contribution in [2.45, 2.75) is 64.1 Å². The number of rotatable bonds is 4. The molecule has 1 aromatic heterocycles. The molecule has 2 aliphatic rings. The highest BCUT2D eigenvalue weighted by molar-refractivity contribution is 5.09. The molecule has 1 saturated carbocycles. The molecule has 0 amide bonds. The Labute approximate surface area is 129 Å². The lowest BCUT2D eigenvalue weighted by atomic mass is 9.82. The molecule has 0 bridgehead atoms. The summed E-state index contributed by atoms with van der Waals surface area (Å²) in [5.74, 6) is 0.896. The Morgan fingerprint density at radius 1 is 1.29 bits per heavy atom. The van der Waals surface area contributed by atoms with Crippen LogP contribution in [0.4, 0.5) is 0 Å². The highest BCUT2D eigenvalue weighted by Gasteiger charge is 2.31. The third kappa shape index (κ3) is 3.83. The van der Waals surface area contributed by atoms with Gasteiger partial charge in [0, 0.05) is 44.1 Å². The van der Waals surface area contributed by atoms with Crippen molar-refractivity contribution in [2.75, 3.05) is 13.1 Å². The molecule has 0 aromatic carbocycles. The molecular formula is C18H29N3.